The van der Waals surface area contributed by atoms with E-state index in [2.05, 4.69) is 11.9 Å². The van der Waals surface area contributed by atoms with E-state index in [-0.39, 0.29) is 23.9 Å². The largest absolute Gasteiger partial charge is 0.497 e. The van der Waals surface area contributed by atoms with Crippen molar-refractivity contribution in [3.63, 3.8) is 0 Å². The summed E-state index contributed by atoms with van der Waals surface area (Å²) in [5, 5.41) is 2.38. The van der Waals surface area contributed by atoms with E-state index >= 15 is 0 Å². The first-order valence-corrected chi connectivity index (χ1v) is 8.87. The average Bonchev–Trinajstić information content (AvgIpc) is 3.22. The summed E-state index contributed by atoms with van der Waals surface area (Å²) in [6.45, 7) is 2.66. The number of fused-ring (bicyclic) bond motifs is 2. The van der Waals surface area contributed by atoms with Gasteiger partial charge in [0.15, 0.2) is 0 Å². The smallest absolute Gasteiger partial charge is 0.262 e. The molecule has 2 aromatic heterocycles. The number of benzene rings is 1. The molecular formula is C18H17N3O3S. The van der Waals surface area contributed by atoms with Crippen LogP contribution in [0, 0.1) is 0 Å². The highest BCUT2D eigenvalue weighted by Crippen LogP contribution is 2.38. The molecule has 7 heteroatoms. The molecule has 0 bridgehead atoms. The summed E-state index contributed by atoms with van der Waals surface area (Å²) in [5.41, 5.74) is 1.79. The molecule has 4 rings (SSSR count). The van der Waals surface area contributed by atoms with Gasteiger partial charge in [0.25, 0.3) is 5.56 Å². The maximum atomic E-state index is 12.8. The number of anilines is 1. The van der Waals surface area contributed by atoms with Crippen LogP contribution in [0.3, 0.4) is 0 Å². The van der Waals surface area contributed by atoms with Crippen LogP contribution in [-0.4, -0.2) is 29.1 Å². The second kappa shape index (κ2) is 6.00. The van der Waals surface area contributed by atoms with Crippen LogP contribution in [0.1, 0.15) is 18.4 Å². The average molecular weight is 355 g/mol. The molecule has 0 spiro atoms. The minimum atomic E-state index is -0.183. The predicted octanol–water partition coefficient (Wildman–Crippen LogP) is 2.62. The third-order valence-corrected chi connectivity index (χ3v) is 5.39. The maximum Gasteiger partial charge on any atom is 0.262 e. The Morgan fingerprint density at radius 1 is 1.40 bits per heavy atom. The van der Waals surface area contributed by atoms with E-state index in [0.717, 1.165) is 11.3 Å². The van der Waals surface area contributed by atoms with Gasteiger partial charge in [0.1, 0.15) is 17.1 Å². The summed E-state index contributed by atoms with van der Waals surface area (Å²) in [5.74, 6) is 0.834. The number of hydrogen-bond donors (Lipinski definition) is 0. The van der Waals surface area contributed by atoms with E-state index in [9.17, 15) is 9.59 Å². The van der Waals surface area contributed by atoms with E-state index in [0.29, 0.717) is 22.5 Å². The van der Waals surface area contributed by atoms with Crippen LogP contribution < -0.4 is 15.2 Å². The molecule has 3 aromatic rings. The summed E-state index contributed by atoms with van der Waals surface area (Å²) in [4.78, 5) is 32.0. The number of amides is 1. The summed E-state index contributed by atoms with van der Waals surface area (Å²) in [6.07, 6.45) is 1.45. The molecular weight excluding hydrogens is 338 g/mol. The van der Waals surface area contributed by atoms with Crippen LogP contribution >= 0.6 is 11.3 Å². The molecule has 3 heterocycles. The molecule has 0 fully saturated rings. The lowest BCUT2D eigenvalue weighted by molar-refractivity contribution is -0.119. The highest BCUT2D eigenvalue weighted by molar-refractivity contribution is 7.16. The number of rotatable bonds is 3. The predicted molar refractivity (Wildman–Crippen MR) is 97.6 cm³/mol. The zero-order valence-corrected chi connectivity index (χ0v) is 14.7. The van der Waals surface area contributed by atoms with Gasteiger partial charge in [-0.3, -0.25) is 14.2 Å². The molecule has 6 nitrogen and oxygen atoms in total. The molecule has 1 aliphatic rings. The summed E-state index contributed by atoms with van der Waals surface area (Å²) in [6, 6.07) is 7.52. The first kappa shape index (κ1) is 15.8. The van der Waals surface area contributed by atoms with E-state index in [1.807, 2.05) is 23.6 Å². The quantitative estimate of drug-likeness (QED) is 0.724. The van der Waals surface area contributed by atoms with Gasteiger partial charge in [0, 0.05) is 18.5 Å². The monoisotopic (exact) mass is 355 g/mol. The fourth-order valence-corrected chi connectivity index (χ4v) is 3.97. The zero-order valence-electron chi connectivity index (χ0n) is 13.9. The molecule has 0 saturated carbocycles. The Balaban J connectivity index is 1.66. The Kier molecular flexibility index (Phi) is 3.80. The van der Waals surface area contributed by atoms with Crippen molar-refractivity contribution < 1.29 is 9.53 Å². The van der Waals surface area contributed by atoms with Gasteiger partial charge in [-0.05, 0) is 23.1 Å². The fraction of sp³-hybridized carbons (Fsp3) is 0.278. The summed E-state index contributed by atoms with van der Waals surface area (Å²) in [7, 11) is 1.60. The van der Waals surface area contributed by atoms with Gasteiger partial charge in [-0.1, -0.05) is 13.0 Å². The van der Waals surface area contributed by atoms with Crippen molar-refractivity contribution in [1.29, 1.82) is 0 Å². The summed E-state index contributed by atoms with van der Waals surface area (Å²) >= 11 is 1.42. The van der Waals surface area contributed by atoms with Crippen molar-refractivity contribution in [3.05, 3.63) is 51.9 Å². The molecule has 1 aromatic carbocycles. The Morgan fingerprint density at radius 3 is 3.04 bits per heavy atom. The minimum Gasteiger partial charge on any atom is -0.497 e. The number of ether oxygens (including phenoxy) is 1. The standard InChI is InChI=1S/C18H17N3O3S/c1-11-8-21(15-7-12(24-2)3-4-13(11)15)16(22)9-20-10-19-17-14(18(20)23)5-6-25-17/h3-7,10-11H,8-9H2,1-2H3. The Hall–Kier alpha value is -2.67. The zero-order chi connectivity index (χ0) is 17.6. The molecule has 25 heavy (non-hydrogen) atoms. The van der Waals surface area contributed by atoms with Crippen molar-refractivity contribution in [1.82, 2.24) is 9.55 Å². The van der Waals surface area contributed by atoms with E-state index in [1.54, 1.807) is 18.1 Å². The van der Waals surface area contributed by atoms with Crippen molar-refractivity contribution in [2.75, 3.05) is 18.6 Å². The number of hydrogen-bond acceptors (Lipinski definition) is 5. The molecule has 0 N–H and O–H groups in total. The Labute approximate surface area is 148 Å². The van der Waals surface area contributed by atoms with Crippen LogP contribution in [0.2, 0.25) is 0 Å². The van der Waals surface area contributed by atoms with Gasteiger partial charge >= 0.3 is 0 Å². The lowest BCUT2D eigenvalue weighted by atomic mass is 10.0. The number of thiophene rings is 1. The second-order valence-electron chi connectivity index (χ2n) is 6.15. The molecule has 128 valence electrons. The maximum absolute atomic E-state index is 12.8. The number of carbonyl (C=O) groups excluding carboxylic acids is 1. The normalized spacial score (nSPS) is 16.2. The van der Waals surface area contributed by atoms with Crippen molar-refractivity contribution in [3.8, 4) is 5.75 Å². The lowest BCUT2D eigenvalue weighted by Crippen LogP contribution is -2.35. The van der Waals surface area contributed by atoms with Gasteiger partial charge < -0.3 is 9.64 Å². The van der Waals surface area contributed by atoms with Gasteiger partial charge in [0.05, 0.1) is 24.5 Å². The van der Waals surface area contributed by atoms with Gasteiger partial charge in [0.2, 0.25) is 5.91 Å². The van der Waals surface area contributed by atoms with Crippen LogP contribution in [0.25, 0.3) is 10.2 Å². The molecule has 1 amide bonds. The minimum absolute atomic E-state index is 0.0268. The van der Waals surface area contributed by atoms with E-state index in [4.69, 9.17) is 4.74 Å². The fourth-order valence-electron chi connectivity index (χ4n) is 3.24. The topological polar surface area (TPSA) is 64.4 Å². The van der Waals surface area contributed by atoms with Crippen LogP contribution in [0.5, 0.6) is 5.75 Å². The molecule has 0 saturated heterocycles. The van der Waals surface area contributed by atoms with Gasteiger partial charge in [-0.15, -0.1) is 11.3 Å². The van der Waals surface area contributed by atoms with Crippen LogP contribution in [0.4, 0.5) is 5.69 Å². The number of nitrogens with zero attached hydrogens (tertiary/aromatic N) is 3. The first-order valence-electron chi connectivity index (χ1n) is 7.99. The summed E-state index contributed by atoms with van der Waals surface area (Å²) < 4.78 is 6.65. The van der Waals surface area contributed by atoms with E-state index < -0.39 is 0 Å². The van der Waals surface area contributed by atoms with Crippen LogP contribution in [-0.2, 0) is 11.3 Å². The molecule has 1 aliphatic heterocycles. The molecule has 0 radical (unpaired) electrons. The van der Waals surface area contributed by atoms with Crippen molar-refractivity contribution in [2.24, 2.45) is 0 Å². The SMILES string of the molecule is COc1ccc2c(c1)N(C(=O)Cn1cnc3sccc3c1=O)CC2C. The third kappa shape index (κ3) is 2.60. The van der Waals surface area contributed by atoms with Gasteiger partial charge in [-0.2, -0.15) is 0 Å². The second-order valence-corrected chi connectivity index (χ2v) is 7.04. The Bertz CT molecular complexity index is 1020. The molecule has 1 unspecified atom stereocenters. The third-order valence-electron chi connectivity index (χ3n) is 4.57. The highest BCUT2D eigenvalue weighted by Gasteiger charge is 2.30. The molecule has 0 aliphatic carbocycles. The van der Waals surface area contributed by atoms with Gasteiger partial charge in [-0.25, -0.2) is 4.98 Å². The number of aromatic nitrogens is 2. The van der Waals surface area contributed by atoms with E-state index in [1.165, 1.54) is 22.2 Å². The number of methoxy groups -OCH3 is 1. The number of carbonyl (C=O) groups is 1. The first-order chi connectivity index (χ1) is 12.1. The van der Waals surface area contributed by atoms with Crippen LogP contribution in [0.15, 0.2) is 40.8 Å². The molecule has 1 atom stereocenters. The lowest BCUT2D eigenvalue weighted by Gasteiger charge is -2.18. The highest BCUT2D eigenvalue weighted by atomic mass is 32.1. The van der Waals surface area contributed by atoms with Crippen molar-refractivity contribution >= 4 is 33.1 Å². The Morgan fingerprint density at radius 2 is 2.24 bits per heavy atom. The van der Waals surface area contributed by atoms with Crippen molar-refractivity contribution in [2.45, 2.75) is 19.4 Å².